The molecule has 0 heterocycles. The van der Waals surface area contributed by atoms with Crippen molar-refractivity contribution in [3.05, 3.63) is 0 Å². The first kappa shape index (κ1) is 15.5. The number of carbonyl (C=O) groups is 1. The summed E-state index contributed by atoms with van der Waals surface area (Å²) in [6, 6.07) is 0. The number of aliphatic hydroxyl groups is 1. The third-order valence-electron chi connectivity index (χ3n) is 4.08. The van der Waals surface area contributed by atoms with Crippen LogP contribution in [-0.4, -0.2) is 23.7 Å². The zero-order valence-corrected chi connectivity index (χ0v) is 12.2. The lowest BCUT2D eigenvalue weighted by Gasteiger charge is -2.29. The molecule has 0 radical (unpaired) electrons. The van der Waals surface area contributed by atoms with Gasteiger partial charge in [-0.1, -0.05) is 33.6 Å². The van der Waals surface area contributed by atoms with Crippen molar-refractivity contribution >= 4 is 5.91 Å². The fraction of sp³-hybridized carbons (Fsp3) is 0.933. The molecule has 1 aliphatic carbocycles. The standard InChI is InChI=1S/C15H29NO2/c1-4-13(17)7-10-16-14(18)15(11-12(2)3)8-5-6-9-15/h12-13,17H,4-11H2,1-3H3,(H,16,18). The van der Waals surface area contributed by atoms with Crippen LogP contribution in [0.25, 0.3) is 0 Å². The summed E-state index contributed by atoms with van der Waals surface area (Å²) in [5, 5.41) is 12.5. The lowest BCUT2D eigenvalue weighted by Crippen LogP contribution is -2.41. The largest absolute Gasteiger partial charge is 0.393 e. The predicted octanol–water partition coefficient (Wildman–Crippen LogP) is 2.87. The number of hydrogen-bond donors (Lipinski definition) is 2. The van der Waals surface area contributed by atoms with Gasteiger partial charge >= 0.3 is 0 Å². The van der Waals surface area contributed by atoms with Gasteiger partial charge in [0.25, 0.3) is 0 Å². The van der Waals surface area contributed by atoms with E-state index in [9.17, 15) is 9.90 Å². The number of hydrogen-bond acceptors (Lipinski definition) is 2. The minimum absolute atomic E-state index is 0.120. The highest BCUT2D eigenvalue weighted by Gasteiger charge is 2.40. The van der Waals surface area contributed by atoms with Crippen LogP contribution in [0.1, 0.15) is 65.7 Å². The molecule has 1 aliphatic rings. The zero-order valence-electron chi connectivity index (χ0n) is 12.2. The highest BCUT2D eigenvalue weighted by molar-refractivity contribution is 5.82. The fourth-order valence-electron chi connectivity index (χ4n) is 3.10. The molecule has 1 unspecified atom stereocenters. The maximum atomic E-state index is 12.4. The Morgan fingerprint density at radius 3 is 2.44 bits per heavy atom. The van der Waals surface area contributed by atoms with E-state index < -0.39 is 0 Å². The van der Waals surface area contributed by atoms with Gasteiger partial charge in [0, 0.05) is 12.0 Å². The van der Waals surface area contributed by atoms with Crippen molar-refractivity contribution in [1.82, 2.24) is 5.32 Å². The molecule has 3 heteroatoms. The molecule has 0 bridgehead atoms. The summed E-state index contributed by atoms with van der Waals surface area (Å²) in [6.45, 7) is 6.94. The van der Waals surface area contributed by atoms with Crippen LogP contribution in [0, 0.1) is 11.3 Å². The molecule has 1 rings (SSSR count). The molecule has 0 spiro atoms. The lowest BCUT2D eigenvalue weighted by atomic mass is 9.77. The van der Waals surface area contributed by atoms with E-state index in [1.165, 1.54) is 12.8 Å². The van der Waals surface area contributed by atoms with Gasteiger partial charge < -0.3 is 10.4 Å². The van der Waals surface area contributed by atoms with Crippen molar-refractivity contribution in [1.29, 1.82) is 0 Å². The van der Waals surface area contributed by atoms with E-state index in [-0.39, 0.29) is 17.4 Å². The van der Waals surface area contributed by atoms with E-state index >= 15 is 0 Å². The summed E-state index contributed by atoms with van der Waals surface area (Å²) >= 11 is 0. The molecule has 0 aliphatic heterocycles. The molecular formula is C15H29NO2. The highest BCUT2D eigenvalue weighted by Crippen LogP contribution is 2.43. The first-order valence-electron chi connectivity index (χ1n) is 7.46. The van der Waals surface area contributed by atoms with Crippen LogP contribution in [0.2, 0.25) is 0 Å². The molecule has 18 heavy (non-hydrogen) atoms. The average Bonchev–Trinajstić information content (AvgIpc) is 2.77. The van der Waals surface area contributed by atoms with Gasteiger partial charge in [-0.2, -0.15) is 0 Å². The maximum absolute atomic E-state index is 12.4. The maximum Gasteiger partial charge on any atom is 0.226 e. The zero-order chi connectivity index (χ0) is 13.6. The molecule has 3 nitrogen and oxygen atoms in total. The fourth-order valence-corrected chi connectivity index (χ4v) is 3.10. The van der Waals surface area contributed by atoms with Gasteiger partial charge in [-0.15, -0.1) is 0 Å². The number of aliphatic hydroxyl groups excluding tert-OH is 1. The second-order valence-electron chi connectivity index (χ2n) is 6.19. The van der Waals surface area contributed by atoms with Gasteiger partial charge in [0.1, 0.15) is 0 Å². The monoisotopic (exact) mass is 255 g/mol. The predicted molar refractivity (Wildman–Crippen MR) is 74.3 cm³/mol. The summed E-state index contributed by atoms with van der Waals surface area (Å²) in [5.41, 5.74) is -0.120. The van der Waals surface area contributed by atoms with Gasteiger partial charge in [-0.3, -0.25) is 4.79 Å². The first-order chi connectivity index (χ1) is 8.50. The third kappa shape index (κ3) is 4.27. The van der Waals surface area contributed by atoms with Crippen molar-refractivity contribution in [3.63, 3.8) is 0 Å². The van der Waals surface area contributed by atoms with Crippen LogP contribution >= 0.6 is 0 Å². The molecule has 2 N–H and O–H groups in total. The van der Waals surface area contributed by atoms with Gasteiger partial charge in [0.2, 0.25) is 5.91 Å². The smallest absolute Gasteiger partial charge is 0.226 e. The van der Waals surface area contributed by atoms with Crippen LogP contribution in [0.5, 0.6) is 0 Å². The quantitative estimate of drug-likeness (QED) is 0.735. The molecular weight excluding hydrogens is 226 g/mol. The van der Waals surface area contributed by atoms with Crippen molar-refractivity contribution in [2.45, 2.75) is 71.8 Å². The summed E-state index contributed by atoms with van der Waals surface area (Å²) in [5.74, 6) is 0.784. The van der Waals surface area contributed by atoms with Crippen molar-refractivity contribution < 1.29 is 9.90 Å². The lowest BCUT2D eigenvalue weighted by molar-refractivity contribution is -0.131. The Bertz CT molecular complexity index is 257. The molecule has 1 fully saturated rings. The molecule has 0 saturated heterocycles. The summed E-state index contributed by atoms with van der Waals surface area (Å²) in [4.78, 5) is 12.4. The van der Waals surface area contributed by atoms with Gasteiger partial charge in [0.05, 0.1) is 6.10 Å². The Balaban J connectivity index is 2.45. The number of rotatable bonds is 7. The second-order valence-corrected chi connectivity index (χ2v) is 6.19. The number of amides is 1. The molecule has 1 amide bonds. The molecule has 1 atom stereocenters. The van der Waals surface area contributed by atoms with E-state index in [4.69, 9.17) is 0 Å². The van der Waals surface area contributed by atoms with Gasteiger partial charge in [0.15, 0.2) is 0 Å². The van der Waals surface area contributed by atoms with Gasteiger partial charge in [-0.05, 0) is 38.0 Å². The molecule has 0 aromatic carbocycles. The van der Waals surface area contributed by atoms with E-state index in [2.05, 4.69) is 19.2 Å². The van der Waals surface area contributed by atoms with E-state index in [0.717, 1.165) is 25.7 Å². The Morgan fingerprint density at radius 1 is 1.33 bits per heavy atom. The van der Waals surface area contributed by atoms with E-state index in [0.29, 0.717) is 18.9 Å². The van der Waals surface area contributed by atoms with Gasteiger partial charge in [-0.25, -0.2) is 0 Å². The highest BCUT2D eigenvalue weighted by atomic mass is 16.3. The SMILES string of the molecule is CCC(O)CCNC(=O)C1(CC(C)C)CCCC1. The minimum Gasteiger partial charge on any atom is -0.393 e. The summed E-state index contributed by atoms with van der Waals surface area (Å²) in [6.07, 6.45) is 6.56. The van der Waals surface area contributed by atoms with Crippen LogP contribution in [-0.2, 0) is 4.79 Å². The summed E-state index contributed by atoms with van der Waals surface area (Å²) in [7, 11) is 0. The normalized spacial score (nSPS) is 20.1. The van der Waals surface area contributed by atoms with E-state index in [1.54, 1.807) is 0 Å². The molecule has 1 saturated carbocycles. The Kier molecular flexibility index (Phi) is 6.13. The van der Waals surface area contributed by atoms with Crippen molar-refractivity contribution in [3.8, 4) is 0 Å². The summed E-state index contributed by atoms with van der Waals surface area (Å²) < 4.78 is 0. The number of nitrogens with one attached hydrogen (secondary N) is 1. The molecule has 0 aromatic heterocycles. The van der Waals surface area contributed by atoms with Crippen molar-refractivity contribution in [2.24, 2.45) is 11.3 Å². The Hall–Kier alpha value is -0.570. The Morgan fingerprint density at radius 2 is 1.94 bits per heavy atom. The number of carbonyl (C=O) groups excluding carboxylic acids is 1. The molecule has 106 valence electrons. The molecule has 0 aromatic rings. The first-order valence-corrected chi connectivity index (χ1v) is 7.46. The van der Waals surface area contributed by atoms with E-state index in [1.807, 2.05) is 6.92 Å². The minimum atomic E-state index is -0.282. The Labute approximate surface area is 111 Å². The van der Waals surface area contributed by atoms with Crippen LogP contribution in [0.4, 0.5) is 0 Å². The van der Waals surface area contributed by atoms with Crippen LogP contribution < -0.4 is 5.32 Å². The van der Waals surface area contributed by atoms with Crippen molar-refractivity contribution in [2.75, 3.05) is 6.54 Å². The average molecular weight is 255 g/mol. The van der Waals surface area contributed by atoms with Crippen LogP contribution in [0.3, 0.4) is 0 Å². The second kappa shape index (κ2) is 7.13. The topological polar surface area (TPSA) is 49.3 Å². The third-order valence-corrected chi connectivity index (χ3v) is 4.08. The van der Waals surface area contributed by atoms with Crippen LogP contribution in [0.15, 0.2) is 0 Å².